The van der Waals surface area contributed by atoms with Gasteiger partial charge in [-0.15, -0.1) is 0 Å². The van der Waals surface area contributed by atoms with Crippen molar-refractivity contribution in [2.45, 2.75) is 59.2 Å². The summed E-state index contributed by atoms with van der Waals surface area (Å²) in [4.78, 5) is 27.7. The van der Waals surface area contributed by atoms with Gasteiger partial charge in [0.1, 0.15) is 6.04 Å². The van der Waals surface area contributed by atoms with Gasteiger partial charge in [0.2, 0.25) is 11.8 Å². The second-order valence-electron chi connectivity index (χ2n) is 7.47. The van der Waals surface area contributed by atoms with Gasteiger partial charge in [-0.05, 0) is 50.5 Å². The summed E-state index contributed by atoms with van der Waals surface area (Å²) in [5, 5.41) is 3.82. The highest BCUT2D eigenvalue weighted by Gasteiger charge is 2.29. The number of carbonyl (C=O) groups is 2. The van der Waals surface area contributed by atoms with Crippen LogP contribution < -0.4 is 5.32 Å². The normalized spacial score (nSPS) is 12.0. The van der Waals surface area contributed by atoms with Crippen LogP contribution in [0.3, 0.4) is 0 Å². The molecule has 0 aliphatic heterocycles. The number of rotatable bonds is 8. The summed E-state index contributed by atoms with van der Waals surface area (Å²) in [7, 11) is 0. The highest BCUT2D eigenvalue weighted by molar-refractivity contribution is 6.36. The van der Waals surface area contributed by atoms with Crippen molar-refractivity contribution in [3.63, 3.8) is 0 Å². The van der Waals surface area contributed by atoms with E-state index in [0.29, 0.717) is 28.6 Å². The van der Waals surface area contributed by atoms with Gasteiger partial charge < -0.3 is 10.2 Å². The molecule has 0 spiro atoms. The molecule has 2 amide bonds. The predicted octanol–water partition coefficient (Wildman–Crippen LogP) is 5.18. The Balaban J connectivity index is 2.34. The van der Waals surface area contributed by atoms with Gasteiger partial charge in [0.25, 0.3) is 0 Å². The Hall–Kier alpha value is -2.04. The van der Waals surface area contributed by atoms with E-state index in [1.165, 1.54) is 0 Å². The van der Waals surface area contributed by atoms with Crippen molar-refractivity contribution >= 4 is 35.0 Å². The fourth-order valence-corrected chi connectivity index (χ4v) is 3.68. The van der Waals surface area contributed by atoms with Crippen LogP contribution in [0.1, 0.15) is 43.9 Å². The van der Waals surface area contributed by atoms with Crippen LogP contribution in [0.25, 0.3) is 0 Å². The Labute approximate surface area is 183 Å². The van der Waals surface area contributed by atoms with Crippen molar-refractivity contribution in [1.29, 1.82) is 0 Å². The third-order valence-electron chi connectivity index (χ3n) is 4.68. The van der Waals surface area contributed by atoms with E-state index in [-0.39, 0.29) is 24.3 Å². The maximum Gasteiger partial charge on any atom is 0.243 e. The Morgan fingerprint density at radius 2 is 1.62 bits per heavy atom. The van der Waals surface area contributed by atoms with E-state index in [1.54, 1.807) is 23.1 Å². The quantitative estimate of drug-likeness (QED) is 0.622. The minimum absolute atomic E-state index is 0.00844. The van der Waals surface area contributed by atoms with Gasteiger partial charge in [-0.2, -0.15) is 0 Å². The maximum absolute atomic E-state index is 13.3. The summed E-state index contributed by atoms with van der Waals surface area (Å²) in [5.41, 5.74) is 2.68. The average molecular weight is 435 g/mol. The van der Waals surface area contributed by atoms with Crippen LogP contribution in [0.15, 0.2) is 42.5 Å². The molecule has 0 aromatic heterocycles. The lowest BCUT2D eigenvalue weighted by molar-refractivity contribution is -0.141. The second kappa shape index (κ2) is 10.7. The Morgan fingerprint density at radius 1 is 1.03 bits per heavy atom. The largest absolute Gasteiger partial charge is 0.352 e. The minimum Gasteiger partial charge on any atom is -0.352 e. The third-order valence-corrected chi connectivity index (χ3v) is 5.39. The van der Waals surface area contributed by atoms with Crippen LogP contribution in [0.4, 0.5) is 0 Å². The lowest BCUT2D eigenvalue weighted by Crippen LogP contribution is -2.50. The molecule has 6 heteroatoms. The van der Waals surface area contributed by atoms with Crippen molar-refractivity contribution in [2.24, 2.45) is 0 Å². The van der Waals surface area contributed by atoms with Crippen LogP contribution in [0, 0.1) is 6.92 Å². The number of aryl methyl sites for hydroxylation is 1. The summed E-state index contributed by atoms with van der Waals surface area (Å²) < 4.78 is 0. The zero-order valence-corrected chi connectivity index (χ0v) is 18.8. The highest BCUT2D eigenvalue weighted by atomic mass is 35.5. The predicted molar refractivity (Wildman–Crippen MR) is 119 cm³/mol. The van der Waals surface area contributed by atoms with E-state index >= 15 is 0 Å². The lowest BCUT2D eigenvalue weighted by atomic mass is 10.1. The van der Waals surface area contributed by atoms with Gasteiger partial charge in [-0.3, -0.25) is 9.59 Å². The van der Waals surface area contributed by atoms with Crippen LogP contribution in [-0.4, -0.2) is 28.8 Å². The molecule has 0 saturated heterocycles. The molecule has 0 bridgehead atoms. The monoisotopic (exact) mass is 434 g/mol. The molecule has 2 rings (SSSR count). The summed E-state index contributed by atoms with van der Waals surface area (Å²) in [6, 6.07) is 12.5. The van der Waals surface area contributed by atoms with Gasteiger partial charge in [0.15, 0.2) is 0 Å². The Morgan fingerprint density at radius 3 is 2.14 bits per heavy atom. The van der Waals surface area contributed by atoms with Crippen LogP contribution in [-0.2, 0) is 22.6 Å². The van der Waals surface area contributed by atoms with E-state index in [0.717, 1.165) is 11.1 Å². The molecule has 0 radical (unpaired) electrons. The number of benzene rings is 2. The van der Waals surface area contributed by atoms with Crippen LogP contribution in [0.2, 0.25) is 10.0 Å². The van der Waals surface area contributed by atoms with Crippen molar-refractivity contribution in [3.8, 4) is 0 Å². The van der Waals surface area contributed by atoms with Crippen LogP contribution >= 0.6 is 23.2 Å². The molecule has 1 atom stereocenters. The number of hydrogen-bond acceptors (Lipinski definition) is 2. The summed E-state index contributed by atoms with van der Waals surface area (Å²) in [5.74, 6) is -0.348. The number of amides is 2. The molecule has 0 saturated carbocycles. The van der Waals surface area contributed by atoms with E-state index in [2.05, 4.69) is 5.32 Å². The number of halogens is 2. The molecule has 2 aromatic rings. The topological polar surface area (TPSA) is 49.4 Å². The zero-order chi connectivity index (χ0) is 21.6. The third kappa shape index (κ3) is 6.48. The standard InChI is InChI=1S/C23H28Cl2N2O2/c1-5-21(23(29)26-15(2)3)27(14-17-11-9-16(4)10-12-17)22(28)13-18-19(24)7-6-8-20(18)25/h6-12,15,21H,5,13-14H2,1-4H3,(H,26,29)/t21-/m0/s1. The van der Waals surface area contributed by atoms with E-state index in [1.807, 2.05) is 52.0 Å². The SMILES string of the molecule is CC[C@@H](C(=O)NC(C)C)N(Cc1ccc(C)cc1)C(=O)Cc1c(Cl)cccc1Cl. The van der Waals surface area contributed by atoms with E-state index in [9.17, 15) is 9.59 Å². The molecular weight excluding hydrogens is 407 g/mol. The molecule has 1 N–H and O–H groups in total. The van der Waals surface area contributed by atoms with Crippen molar-refractivity contribution in [2.75, 3.05) is 0 Å². The molecule has 29 heavy (non-hydrogen) atoms. The molecule has 2 aromatic carbocycles. The first-order valence-corrected chi connectivity index (χ1v) is 10.6. The summed E-state index contributed by atoms with van der Waals surface area (Å²) in [6.45, 7) is 8.06. The summed E-state index contributed by atoms with van der Waals surface area (Å²) >= 11 is 12.5. The first kappa shape index (κ1) is 23.2. The zero-order valence-electron chi connectivity index (χ0n) is 17.3. The first-order valence-electron chi connectivity index (χ1n) is 9.81. The van der Waals surface area contributed by atoms with Gasteiger partial charge in [0.05, 0.1) is 6.42 Å². The molecule has 4 nitrogen and oxygen atoms in total. The fraction of sp³-hybridized carbons (Fsp3) is 0.391. The van der Waals surface area contributed by atoms with Gasteiger partial charge >= 0.3 is 0 Å². The first-order chi connectivity index (χ1) is 13.7. The summed E-state index contributed by atoms with van der Waals surface area (Å²) in [6.07, 6.45) is 0.544. The number of carbonyl (C=O) groups excluding carboxylic acids is 2. The Bertz CT molecular complexity index is 830. The lowest BCUT2D eigenvalue weighted by Gasteiger charge is -2.31. The molecule has 0 unspecified atom stereocenters. The van der Waals surface area contributed by atoms with E-state index in [4.69, 9.17) is 23.2 Å². The minimum atomic E-state index is -0.576. The van der Waals surface area contributed by atoms with Crippen molar-refractivity contribution in [3.05, 3.63) is 69.2 Å². The van der Waals surface area contributed by atoms with Crippen molar-refractivity contribution in [1.82, 2.24) is 10.2 Å². The molecule has 0 fully saturated rings. The maximum atomic E-state index is 13.3. The molecule has 156 valence electrons. The number of nitrogens with one attached hydrogen (secondary N) is 1. The van der Waals surface area contributed by atoms with Crippen LogP contribution in [0.5, 0.6) is 0 Å². The number of hydrogen-bond donors (Lipinski definition) is 1. The molecule has 0 heterocycles. The van der Waals surface area contributed by atoms with Gasteiger partial charge in [-0.25, -0.2) is 0 Å². The van der Waals surface area contributed by atoms with Crippen molar-refractivity contribution < 1.29 is 9.59 Å². The number of nitrogens with zero attached hydrogens (tertiary/aromatic N) is 1. The molecule has 0 aliphatic carbocycles. The fourth-order valence-electron chi connectivity index (χ4n) is 3.14. The second-order valence-corrected chi connectivity index (χ2v) is 8.29. The van der Waals surface area contributed by atoms with Gasteiger partial charge in [0, 0.05) is 22.6 Å². The smallest absolute Gasteiger partial charge is 0.243 e. The Kier molecular flexibility index (Phi) is 8.54. The van der Waals surface area contributed by atoms with Gasteiger partial charge in [-0.1, -0.05) is 66.0 Å². The molecule has 0 aliphatic rings. The highest BCUT2D eigenvalue weighted by Crippen LogP contribution is 2.26. The molecular formula is C23H28Cl2N2O2. The van der Waals surface area contributed by atoms with E-state index < -0.39 is 6.04 Å². The average Bonchev–Trinajstić information content (AvgIpc) is 2.65.